The number of carbonyl (C=O) groups is 1. The van der Waals surface area contributed by atoms with Crippen LogP contribution in [0.15, 0.2) is 12.1 Å². The van der Waals surface area contributed by atoms with Crippen LogP contribution in [0.3, 0.4) is 0 Å². The number of rotatable bonds is 6. The van der Waals surface area contributed by atoms with Gasteiger partial charge in [0.15, 0.2) is 3.95 Å². The zero-order valence-corrected chi connectivity index (χ0v) is 16.2. The summed E-state index contributed by atoms with van der Waals surface area (Å²) in [6.45, 7) is 6.93. The van der Waals surface area contributed by atoms with Crippen molar-refractivity contribution in [3.63, 3.8) is 0 Å². The third-order valence-corrected chi connectivity index (χ3v) is 5.44. The zero-order chi connectivity index (χ0) is 18.0. The topological polar surface area (TPSA) is 63.3 Å². The summed E-state index contributed by atoms with van der Waals surface area (Å²) in [7, 11) is 0. The minimum Gasteiger partial charge on any atom is -0.494 e. The molecule has 0 aliphatic carbocycles. The first kappa shape index (κ1) is 17.9. The van der Waals surface area contributed by atoms with Gasteiger partial charge < -0.3 is 19.8 Å². The standard InChI is InChI=1S/C18H22N2O3S2/c1-4-22-14-6-12-5-10(2)23-15(12)7-13(14)9-19-17(21)8-16-11(3)20-18(24)25-16/h6-7,10H,4-5,8-9H2,1-3H3,(H,19,21)(H,20,24)/t10-/m0/s1. The minimum atomic E-state index is -0.0365. The van der Waals surface area contributed by atoms with Crippen LogP contribution < -0.4 is 14.8 Å². The lowest BCUT2D eigenvalue weighted by molar-refractivity contribution is -0.120. The number of aryl methyl sites for hydroxylation is 1. The Labute approximate surface area is 156 Å². The number of carbonyl (C=O) groups excluding carboxylic acids is 1. The monoisotopic (exact) mass is 378 g/mol. The second-order valence-corrected chi connectivity index (χ2v) is 7.92. The molecule has 0 saturated heterocycles. The molecule has 0 fully saturated rings. The first-order valence-corrected chi connectivity index (χ1v) is 9.59. The van der Waals surface area contributed by atoms with E-state index in [4.69, 9.17) is 21.7 Å². The summed E-state index contributed by atoms with van der Waals surface area (Å²) >= 11 is 6.56. The van der Waals surface area contributed by atoms with E-state index in [1.54, 1.807) is 0 Å². The molecule has 134 valence electrons. The van der Waals surface area contributed by atoms with Crippen molar-refractivity contribution in [1.29, 1.82) is 0 Å². The van der Waals surface area contributed by atoms with E-state index in [0.717, 1.165) is 39.6 Å². The molecule has 1 aromatic carbocycles. The van der Waals surface area contributed by atoms with Gasteiger partial charge in [-0.1, -0.05) is 0 Å². The van der Waals surface area contributed by atoms with Crippen LogP contribution in [0.2, 0.25) is 0 Å². The van der Waals surface area contributed by atoms with Crippen molar-refractivity contribution >= 4 is 29.5 Å². The van der Waals surface area contributed by atoms with Gasteiger partial charge >= 0.3 is 0 Å². The Bertz CT molecular complexity index is 841. The van der Waals surface area contributed by atoms with Gasteiger partial charge in [0.1, 0.15) is 17.6 Å². The molecular weight excluding hydrogens is 356 g/mol. The average molecular weight is 379 g/mol. The molecule has 1 aliphatic heterocycles. The zero-order valence-electron chi connectivity index (χ0n) is 14.6. The Morgan fingerprint density at radius 2 is 2.32 bits per heavy atom. The molecule has 0 saturated carbocycles. The Morgan fingerprint density at radius 1 is 1.52 bits per heavy atom. The summed E-state index contributed by atoms with van der Waals surface area (Å²) in [5.41, 5.74) is 3.05. The number of benzene rings is 1. The van der Waals surface area contributed by atoms with E-state index in [0.29, 0.717) is 23.5 Å². The van der Waals surface area contributed by atoms with Crippen molar-refractivity contribution in [2.24, 2.45) is 0 Å². The van der Waals surface area contributed by atoms with Crippen molar-refractivity contribution in [3.8, 4) is 11.5 Å². The van der Waals surface area contributed by atoms with Crippen LogP contribution in [-0.2, 0) is 24.2 Å². The Hall–Kier alpha value is -1.86. The van der Waals surface area contributed by atoms with E-state index in [9.17, 15) is 4.79 Å². The fraction of sp³-hybridized carbons (Fsp3) is 0.444. The van der Waals surface area contributed by atoms with Crippen molar-refractivity contribution < 1.29 is 14.3 Å². The van der Waals surface area contributed by atoms with Crippen LogP contribution >= 0.6 is 23.6 Å². The summed E-state index contributed by atoms with van der Waals surface area (Å²) in [4.78, 5) is 16.3. The summed E-state index contributed by atoms with van der Waals surface area (Å²) in [5, 5.41) is 2.97. The number of hydrogen-bond acceptors (Lipinski definition) is 5. The molecule has 0 radical (unpaired) electrons. The maximum absolute atomic E-state index is 12.3. The number of nitrogens with one attached hydrogen (secondary N) is 2. The largest absolute Gasteiger partial charge is 0.494 e. The van der Waals surface area contributed by atoms with E-state index >= 15 is 0 Å². The van der Waals surface area contributed by atoms with Crippen molar-refractivity contribution in [3.05, 3.63) is 37.8 Å². The maximum Gasteiger partial charge on any atom is 0.225 e. The maximum atomic E-state index is 12.3. The van der Waals surface area contributed by atoms with Gasteiger partial charge in [-0.2, -0.15) is 0 Å². The van der Waals surface area contributed by atoms with Gasteiger partial charge in [-0.15, -0.1) is 11.3 Å². The normalized spacial score (nSPS) is 15.6. The number of hydrogen-bond donors (Lipinski definition) is 2. The van der Waals surface area contributed by atoms with Gasteiger partial charge in [0.2, 0.25) is 5.91 Å². The Morgan fingerprint density at radius 3 is 3.00 bits per heavy atom. The third kappa shape index (κ3) is 4.22. The third-order valence-electron chi connectivity index (χ3n) is 4.10. The fourth-order valence-corrected chi connectivity index (χ4v) is 4.21. The summed E-state index contributed by atoms with van der Waals surface area (Å²) < 4.78 is 12.3. The predicted octanol–water partition coefficient (Wildman–Crippen LogP) is 3.70. The minimum absolute atomic E-state index is 0.0365. The molecule has 2 aromatic rings. The van der Waals surface area contributed by atoms with Gasteiger partial charge in [0, 0.05) is 34.7 Å². The summed E-state index contributed by atoms with van der Waals surface area (Å²) in [5.74, 6) is 1.66. The molecule has 1 amide bonds. The highest BCUT2D eigenvalue weighted by molar-refractivity contribution is 7.73. The number of ether oxygens (including phenoxy) is 2. The number of aromatic nitrogens is 1. The lowest BCUT2D eigenvalue weighted by Gasteiger charge is -2.13. The highest BCUT2D eigenvalue weighted by atomic mass is 32.1. The molecule has 7 heteroatoms. The molecule has 3 rings (SSSR count). The molecular formula is C18H22N2O3S2. The number of thiazole rings is 1. The second kappa shape index (κ2) is 7.58. The quantitative estimate of drug-likeness (QED) is 0.753. The Balaban J connectivity index is 1.69. The first-order valence-electron chi connectivity index (χ1n) is 8.36. The molecule has 0 spiro atoms. The number of fused-ring (bicyclic) bond motifs is 1. The van der Waals surface area contributed by atoms with E-state index in [1.807, 2.05) is 26.0 Å². The fourth-order valence-electron chi connectivity index (χ4n) is 2.92. The molecule has 5 nitrogen and oxygen atoms in total. The van der Waals surface area contributed by atoms with E-state index < -0.39 is 0 Å². The number of aromatic amines is 1. The molecule has 1 aromatic heterocycles. The van der Waals surface area contributed by atoms with Gasteiger partial charge in [-0.25, -0.2) is 0 Å². The highest BCUT2D eigenvalue weighted by Crippen LogP contribution is 2.35. The molecule has 1 aliphatic rings. The van der Waals surface area contributed by atoms with Gasteiger partial charge in [0.25, 0.3) is 0 Å². The molecule has 2 heterocycles. The van der Waals surface area contributed by atoms with E-state index in [-0.39, 0.29) is 12.0 Å². The average Bonchev–Trinajstić information content (AvgIpc) is 3.05. The van der Waals surface area contributed by atoms with Crippen LogP contribution in [0.1, 0.15) is 35.5 Å². The lowest BCUT2D eigenvalue weighted by Crippen LogP contribution is -2.24. The van der Waals surface area contributed by atoms with E-state index in [2.05, 4.69) is 17.2 Å². The first-order chi connectivity index (χ1) is 12.0. The van der Waals surface area contributed by atoms with Crippen molar-refractivity contribution in [1.82, 2.24) is 10.3 Å². The van der Waals surface area contributed by atoms with Crippen molar-refractivity contribution in [2.75, 3.05) is 6.61 Å². The van der Waals surface area contributed by atoms with Gasteiger partial charge in [0.05, 0.1) is 13.0 Å². The lowest BCUT2D eigenvalue weighted by atomic mass is 10.1. The van der Waals surface area contributed by atoms with Gasteiger partial charge in [-0.05, 0) is 45.1 Å². The molecule has 25 heavy (non-hydrogen) atoms. The number of H-pyrrole nitrogens is 1. The van der Waals surface area contributed by atoms with Crippen LogP contribution in [-0.4, -0.2) is 23.6 Å². The number of amides is 1. The highest BCUT2D eigenvalue weighted by Gasteiger charge is 2.22. The smallest absolute Gasteiger partial charge is 0.225 e. The van der Waals surface area contributed by atoms with Crippen LogP contribution in [0.25, 0.3) is 0 Å². The van der Waals surface area contributed by atoms with Crippen LogP contribution in [0.4, 0.5) is 0 Å². The molecule has 0 bridgehead atoms. The van der Waals surface area contributed by atoms with Crippen LogP contribution in [0.5, 0.6) is 11.5 Å². The second-order valence-electron chi connectivity index (χ2n) is 6.15. The van der Waals surface area contributed by atoms with Gasteiger partial charge in [-0.3, -0.25) is 4.79 Å². The predicted molar refractivity (Wildman–Crippen MR) is 101 cm³/mol. The summed E-state index contributed by atoms with van der Waals surface area (Å²) in [6, 6.07) is 4.02. The van der Waals surface area contributed by atoms with Crippen molar-refractivity contribution in [2.45, 2.75) is 46.3 Å². The summed E-state index contributed by atoms with van der Waals surface area (Å²) in [6.07, 6.45) is 1.39. The Kier molecular flexibility index (Phi) is 5.44. The molecule has 1 atom stereocenters. The molecule has 2 N–H and O–H groups in total. The van der Waals surface area contributed by atoms with E-state index in [1.165, 1.54) is 11.3 Å². The van der Waals surface area contributed by atoms with Crippen LogP contribution in [0, 0.1) is 10.9 Å². The SMILES string of the molecule is CCOc1cc2c(cc1CNC(=O)Cc1sc(=S)[nH]c1C)O[C@@H](C)C2. The molecule has 0 unspecified atom stereocenters.